The van der Waals surface area contributed by atoms with Crippen LogP contribution in [0.15, 0.2) is 26.6 Å². The molecule has 16 heavy (non-hydrogen) atoms. The van der Waals surface area contributed by atoms with Crippen molar-refractivity contribution in [3.8, 4) is 10.7 Å². The molecule has 0 N–H and O–H groups in total. The maximum absolute atomic E-state index is 4.64. The van der Waals surface area contributed by atoms with Gasteiger partial charge in [0.15, 0.2) is 0 Å². The van der Waals surface area contributed by atoms with E-state index < -0.39 is 0 Å². The highest BCUT2D eigenvalue weighted by Crippen LogP contribution is 2.42. The van der Waals surface area contributed by atoms with E-state index >= 15 is 0 Å². The van der Waals surface area contributed by atoms with Gasteiger partial charge in [-0.1, -0.05) is 0 Å². The van der Waals surface area contributed by atoms with Crippen LogP contribution >= 0.6 is 43.2 Å². The molecular weight excluding hydrogens is 352 g/mol. The Morgan fingerprint density at radius 3 is 2.81 bits per heavy atom. The molecule has 0 saturated heterocycles. The van der Waals surface area contributed by atoms with E-state index in [0.717, 1.165) is 19.6 Å². The number of aromatic nitrogens is 2. The number of rotatable bonds is 2. The van der Waals surface area contributed by atoms with Crippen molar-refractivity contribution in [2.75, 3.05) is 0 Å². The molecule has 0 aliphatic heterocycles. The van der Waals surface area contributed by atoms with Gasteiger partial charge in [0, 0.05) is 26.4 Å². The Kier molecular flexibility index (Phi) is 2.85. The highest BCUT2D eigenvalue weighted by molar-refractivity contribution is 9.11. The molecule has 0 amide bonds. The highest BCUT2D eigenvalue weighted by atomic mass is 79.9. The van der Waals surface area contributed by atoms with Gasteiger partial charge in [-0.3, -0.25) is 4.98 Å². The highest BCUT2D eigenvalue weighted by Gasteiger charge is 2.26. The molecule has 0 radical (unpaired) electrons. The van der Waals surface area contributed by atoms with Crippen LogP contribution in [0.5, 0.6) is 0 Å². The van der Waals surface area contributed by atoms with E-state index in [1.807, 2.05) is 6.07 Å². The van der Waals surface area contributed by atoms with E-state index in [9.17, 15) is 0 Å². The Balaban J connectivity index is 2.00. The van der Waals surface area contributed by atoms with Crippen molar-refractivity contribution in [1.82, 2.24) is 9.97 Å². The topological polar surface area (TPSA) is 25.8 Å². The second-order valence-corrected chi connectivity index (χ2v) is 6.46. The van der Waals surface area contributed by atoms with Gasteiger partial charge in [-0.05, 0) is 50.8 Å². The van der Waals surface area contributed by atoms with Crippen LogP contribution in [0.25, 0.3) is 10.7 Å². The molecule has 2 nitrogen and oxygen atoms in total. The van der Waals surface area contributed by atoms with Crippen LogP contribution in [-0.2, 0) is 0 Å². The normalized spacial score (nSPS) is 15.4. The lowest BCUT2D eigenvalue weighted by Gasteiger charge is -1.99. The second-order valence-electron chi connectivity index (χ2n) is 3.84. The summed E-state index contributed by atoms with van der Waals surface area (Å²) in [7, 11) is 0. The van der Waals surface area contributed by atoms with Crippen LogP contribution in [0.3, 0.4) is 0 Å². The number of hydrogen-bond acceptors (Lipinski definition) is 3. The van der Waals surface area contributed by atoms with E-state index in [0.29, 0.717) is 5.92 Å². The monoisotopic (exact) mass is 358 g/mol. The van der Waals surface area contributed by atoms with Crippen LogP contribution in [0.2, 0.25) is 0 Å². The minimum Gasteiger partial charge on any atom is -0.251 e. The second kappa shape index (κ2) is 4.20. The van der Waals surface area contributed by atoms with Crippen LogP contribution in [0.1, 0.15) is 24.5 Å². The van der Waals surface area contributed by atoms with Crippen molar-refractivity contribution in [3.63, 3.8) is 0 Å². The van der Waals surface area contributed by atoms with E-state index in [1.165, 1.54) is 18.5 Å². The van der Waals surface area contributed by atoms with Crippen molar-refractivity contribution in [3.05, 3.63) is 32.3 Å². The van der Waals surface area contributed by atoms with Crippen molar-refractivity contribution in [2.24, 2.45) is 0 Å². The zero-order valence-corrected chi connectivity index (χ0v) is 12.3. The first-order chi connectivity index (χ1) is 7.74. The number of thiazole rings is 1. The summed E-state index contributed by atoms with van der Waals surface area (Å²) < 4.78 is 1.96. The first-order valence-corrected chi connectivity index (χ1v) is 7.47. The summed E-state index contributed by atoms with van der Waals surface area (Å²) in [5.41, 5.74) is 2.16. The Morgan fingerprint density at radius 2 is 2.12 bits per heavy atom. The summed E-state index contributed by atoms with van der Waals surface area (Å²) in [5.74, 6) is 0.708. The minimum atomic E-state index is 0.708. The van der Waals surface area contributed by atoms with Crippen molar-refractivity contribution < 1.29 is 0 Å². The lowest BCUT2D eigenvalue weighted by Crippen LogP contribution is -1.86. The Labute approximate surface area is 114 Å². The molecule has 5 heteroatoms. The predicted molar refractivity (Wildman–Crippen MR) is 72.7 cm³/mol. The lowest BCUT2D eigenvalue weighted by molar-refractivity contribution is 1.05. The number of halogens is 2. The Hall–Kier alpha value is -0.260. The summed E-state index contributed by atoms with van der Waals surface area (Å²) in [4.78, 5) is 9.04. The van der Waals surface area contributed by atoms with Crippen molar-refractivity contribution in [1.29, 1.82) is 0 Å². The fourth-order valence-electron chi connectivity index (χ4n) is 1.53. The third-order valence-corrected chi connectivity index (χ3v) is 4.43. The quantitative estimate of drug-likeness (QED) is 0.782. The molecule has 1 fully saturated rings. The maximum Gasteiger partial charge on any atom is 0.143 e. The molecule has 1 aliphatic carbocycles. The average molecular weight is 360 g/mol. The molecule has 0 unspecified atom stereocenters. The van der Waals surface area contributed by atoms with Gasteiger partial charge in [0.2, 0.25) is 0 Å². The fraction of sp³-hybridized carbons (Fsp3) is 0.273. The van der Waals surface area contributed by atoms with Crippen LogP contribution in [0.4, 0.5) is 0 Å². The Morgan fingerprint density at radius 1 is 1.31 bits per heavy atom. The third kappa shape index (κ3) is 2.08. The van der Waals surface area contributed by atoms with Gasteiger partial charge in [-0.25, -0.2) is 4.98 Å². The van der Waals surface area contributed by atoms with Crippen LogP contribution in [0, 0.1) is 0 Å². The summed E-state index contributed by atoms with van der Waals surface area (Å²) in [6, 6.07) is 2.00. The van der Waals surface area contributed by atoms with Gasteiger partial charge >= 0.3 is 0 Å². The molecule has 2 heterocycles. The van der Waals surface area contributed by atoms with Gasteiger partial charge in [-0.15, -0.1) is 11.3 Å². The SMILES string of the molecule is Brc1cnc(-c2nc(C3CC3)cs2)c(Br)c1. The number of hydrogen-bond donors (Lipinski definition) is 0. The smallest absolute Gasteiger partial charge is 0.143 e. The maximum atomic E-state index is 4.64. The van der Waals surface area contributed by atoms with Crippen molar-refractivity contribution in [2.45, 2.75) is 18.8 Å². The largest absolute Gasteiger partial charge is 0.251 e. The van der Waals surface area contributed by atoms with Gasteiger partial charge in [0.25, 0.3) is 0 Å². The lowest BCUT2D eigenvalue weighted by atomic mass is 10.3. The molecule has 3 rings (SSSR count). The number of pyridine rings is 1. The third-order valence-electron chi connectivity index (χ3n) is 2.53. The Bertz CT molecular complexity index is 535. The molecule has 0 bridgehead atoms. The molecule has 82 valence electrons. The fourth-order valence-corrected chi connectivity index (χ4v) is 3.75. The molecule has 0 aromatic carbocycles. The molecule has 1 saturated carbocycles. The summed E-state index contributed by atoms with van der Waals surface area (Å²) in [5, 5.41) is 3.16. The van der Waals surface area contributed by atoms with Crippen molar-refractivity contribution >= 4 is 43.2 Å². The average Bonchev–Trinajstić information content (AvgIpc) is 2.98. The summed E-state index contributed by atoms with van der Waals surface area (Å²) in [6.45, 7) is 0. The molecule has 1 aliphatic rings. The molecular formula is C11H8Br2N2S. The molecule has 0 spiro atoms. The van der Waals surface area contributed by atoms with E-state index in [2.05, 4.69) is 47.2 Å². The molecule has 0 atom stereocenters. The molecule has 2 aromatic rings. The van der Waals surface area contributed by atoms with Gasteiger partial charge in [-0.2, -0.15) is 0 Å². The van der Waals surface area contributed by atoms with E-state index in [1.54, 1.807) is 17.5 Å². The first kappa shape index (κ1) is 10.9. The zero-order chi connectivity index (χ0) is 11.1. The molecule has 2 aromatic heterocycles. The predicted octanol–water partition coefficient (Wildman–Crippen LogP) is 4.61. The van der Waals surface area contributed by atoms with Gasteiger partial charge < -0.3 is 0 Å². The van der Waals surface area contributed by atoms with Gasteiger partial charge in [0.1, 0.15) is 10.7 Å². The summed E-state index contributed by atoms with van der Waals surface area (Å²) in [6.07, 6.45) is 4.38. The summed E-state index contributed by atoms with van der Waals surface area (Å²) >= 11 is 8.59. The first-order valence-electron chi connectivity index (χ1n) is 5.01. The number of nitrogens with zero attached hydrogens (tertiary/aromatic N) is 2. The van der Waals surface area contributed by atoms with Gasteiger partial charge in [0.05, 0.1) is 5.69 Å². The minimum absolute atomic E-state index is 0.708. The van der Waals surface area contributed by atoms with Crippen LogP contribution < -0.4 is 0 Å². The van der Waals surface area contributed by atoms with Crippen LogP contribution in [-0.4, -0.2) is 9.97 Å². The zero-order valence-electron chi connectivity index (χ0n) is 8.28. The van der Waals surface area contributed by atoms with E-state index in [4.69, 9.17) is 0 Å². The standard InChI is InChI=1S/C11H8Br2N2S/c12-7-3-8(13)10(14-4-7)11-15-9(5-16-11)6-1-2-6/h3-6H,1-2H2. The van der Waals surface area contributed by atoms with E-state index in [-0.39, 0.29) is 0 Å².